The van der Waals surface area contributed by atoms with Crippen molar-refractivity contribution in [1.29, 1.82) is 0 Å². The Bertz CT molecular complexity index is 928. The van der Waals surface area contributed by atoms with Gasteiger partial charge in [-0.15, -0.1) is 0 Å². The molecule has 0 saturated carbocycles. The summed E-state index contributed by atoms with van der Waals surface area (Å²) in [5.74, 6) is 0.737. The molecule has 0 aliphatic carbocycles. The van der Waals surface area contributed by atoms with Crippen LogP contribution in [0.15, 0.2) is 53.5 Å². The van der Waals surface area contributed by atoms with Gasteiger partial charge < -0.3 is 10.2 Å². The van der Waals surface area contributed by atoms with Gasteiger partial charge in [0.05, 0.1) is 5.75 Å². The van der Waals surface area contributed by atoms with E-state index in [4.69, 9.17) is 11.6 Å². The van der Waals surface area contributed by atoms with Crippen LogP contribution in [0.2, 0.25) is 5.02 Å². The number of benzene rings is 2. The van der Waals surface area contributed by atoms with Gasteiger partial charge in [-0.25, -0.2) is 13.1 Å². The molecule has 158 valence electrons. The summed E-state index contributed by atoms with van der Waals surface area (Å²) in [6.07, 6.45) is 0. The standard InChI is InChI=1S/C21H29ClN4O2S/c1-16(2)25-29(27,28)15-18-10-8-17(9-11-18)13-24-21(23-3)26(4)14-19-6-5-7-20(22)12-19/h5-12,16,25H,13-15H2,1-4H3,(H,23,24). The van der Waals surface area contributed by atoms with Crippen molar-refractivity contribution < 1.29 is 8.42 Å². The molecule has 29 heavy (non-hydrogen) atoms. The fraction of sp³-hybridized carbons (Fsp3) is 0.381. The number of hydrogen-bond donors (Lipinski definition) is 2. The van der Waals surface area contributed by atoms with Crippen LogP contribution in [0.1, 0.15) is 30.5 Å². The molecule has 0 amide bonds. The van der Waals surface area contributed by atoms with Crippen molar-refractivity contribution >= 4 is 27.6 Å². The maximum atomic E-state index is 12.0. The molecule has 8 heteroatoms. The van der Waals surface area contributed by atoms with Gasteiger partial charge in [0.15, 0.2) is 5.96 Å². The van der Waals surface area contributed by atoms with E-state index >= 15 is 0 Å². The third-order valence-electron chi connectivity index (χ3n) is 4.13. The van der Waals surface area contributed by atoms with Gasteiger partial charge in [0.1, 0.15) is 0 Å². The quantitative estimate of drug-likeness (QED) is 0.491. The minimum Gasteiger partial charge on any atom is -0.352 e. The Morgan fingerprint density at radius 2 is 1.76 bits per heavy atom. The number of halogens is 1. The fourth-order valence-electron chi connectivity index (χ4n) is 2.92. The third-order valence-corrected chi connectivity index (χ3v) is 5.91. The van der Waals surface area contributed by atoms with Gasteiger partial charge in [0, 0.05) is 38.2 Å². The van der Waals surface area contributed by atoms with Gasteiger partial charge >= 0.3 is 0 Å². The topological polar surface area (TPSA) is 73.8 Å². The van der Waals surface area contributed by atoms with E-state index in [0.29, 0.717) is 18.1 Å². The van der Waals surface area contributed by atoms with E-state index in [1.54, 1.807) is 7.05 Å². The summed E-state index contributed by atoms with van der Waals surface area (Å²) >= 11 is 6.05. The lowest BCUT2D eigenvalue weighted by Gasteiger charge is -2.22. The Balaban J connectivity index is 1.92. The molecule has 0 bridgehead atoms. The highest BCUT2D eigenvalue weighted by Crippen LogP contribution is 2.12. The highest BCUT2D eigenvalue weighted by molar-refractivity contribution is 7.88. The number of nitrogens with one attached hydrogen (secondary N) is 2. The van der Waals surface area contributed by atoms with Crippen molar-refractivity contribution in [1.82, 2.24) is 14.9 Å². The SMILES string of the molecule is CN=C(NCc1ccc(CS(=O)(=O)NC(C)C)cc1)N(C)Cc1cccc(Cl)c1. The van der Waals surface area contributed by atoms with Crippen molar-refractivity contribution in [3.63, 3.8) is 0 Å². The maximum absolute atomic E-state index is 12.0. The predicted octanol–water partition coefficient (Wildman–Crippen LogP) is 3.38. The van der Waals surface area contributed by atoms with Crippen LogP contribution in [-0.2, 0) is 28.9 Å². The molecule has 0 heterocycles. The molecule has 0 radical (unpaired) electrons. The summed E-state index contributed by atoms with van der Waals surface area (Å²) < 4.78 is 26.7. The van der Waals surface area contributed by atoms with E-state index in [9.17, 15) is 8.42 Å². The molecule has 0 aliphatic rings. The fourth-order valence-corrected chi connectivity index (χ4v) is 4.57. The number of rotatable bonds is 8. The van der Waals surface area contributed by atoms with Crippen LogP contribution in [0.4, 0.5) is 0 Å². The zero-order valence-electron chi connectivity index (χ0n) is 17.3. The van der Waals surface area contributed by atoms with Gasteiger partial charge in [0.2, 0.25) is 10.0 Å². The van der Waals surface area contributed by atoms with E-state index in [1.165, 1.54) is 0 Å². The van der Waals surface area contributed by atoms with E-state index in [0.717, 1.165) is 22.6 Å². The van der Waals surface area contributed by atoms with E-state index in [2.05, 4.69) is 15.0 Å². The molecule has 0 aromatic heterocycles. The molecule has 0 atom stereocenters. The van der Waals surface area contributed by atoms with E-state index in [1.807, 2.05) is 74.3 Å². The second-order valence-electron chi connectivity index (χ2n) is 7.23. The summed E-state index contributed by atoms with van der Waals surface area (Å²) in [4.78, 5) is 6.34. The van der Waals surface area contributed by atoms with Gasteiger partial charge in [0.25, 0.3) is 0 Å². The maximum Gasteiger partial charge on any atom is 0.216 e. The second-order valence-corrected chi connectivity index (χ2v) is 9.43. The van der Waals surface area contributed by atoms with Crippen LogP contribution in [0.25, 0.3) is 0 Å². The van der Waals surface area contributed by atoms with E-state index < -0.39 is 10.0 Å². The van der Waals surface area contributed by atoms with Crippen LogP contribution >= 0.6 is 11.6 Å². The Morgan fingerprint density at radius 3 is 2.34 bits per heavy atom. The molecule has 0 unspecified atom stereocenters. The molecule has 2 aromatic rings. The minimum absolute atomic E-state index is 0.0249. The second kappa shape index (κ2) is 10.6. The Morgan fingerprint density at radius 1 is 1.10 bits per heavy atom. The van der Waals surface area contributed by atoms with Crippen molar-refractivity contribution in [3.05, 3.63) is 70.2 Å². The first kappa shape index (κ1) is 23.2. The summed E-state index contributed by atoms with van der Waals surface area (Å²) in [5, 5.41) is 4.04. The summed E-state index contributed by atoms with van der Waals surface area (Å²) in [7, 11) is 0.385. The van der Waals surface area contributed by atoms with Crippen LogP contribution in [0.5, 0.6) is 0 Å². The van der Waals surface area contributed by atoms with Gasteiger partial charge in [-0.2, -0.15) is 0 Å². The normalized spacial score (nSPS) is 12.3. The van der Waals surface area contributed by atoms with Crippen LogP contribution in [0, 0.1) is 0 Å². The molecule has 0 fully saturated rings. The largest absolute Gasteiger partial charge is 0.352 e. The molecule has 2 N–H and O–H groups in total. The predicted molar refractivity (Wildman–Crippen MR) is 120 cm³/mol. The smallest absolute Gasteiger partial charge is 0.216 e. The molecular formula is C21H29ClN4O2S. The average Bonchev–Trinajstić information content (AvgIpc) is 2.62. The third kappa shape index (κ3) is 8.04. The van der Waals surface area contributed by atoms with Gasteiger partial charge in [-0.3, -0.25) is 4.99 Å². The number of guanidine groups is 1. The van der Waals surface area contributed by atoms with Crippen LogP contribution in [-0.4, -0.2) is 39.4 Å². The Kier molecular flexibility index (Phi) is 8.49. The molecule has 6 nitrogen and oxygen atoms in total. The molecule has 2 aromatic carbocycles. The molecular weight excluding hydrogens is 408 g/mol. The van der Waals surface area contributed by atoms with Crippen molar-refractivity contribution in [2.75, 3.05) is 14.1 Å². The van der Waals surface area contributed by atoms with Crippen molar-refractivity contribution in [2.24, 2.45) is 4.99 Å². The first-order valence-corrected chi connectivity index (χ1v) is 11.5. The molecule has 0 spiro atoms. The lowest BCUT2D eigenvalue weighted by atomic mass is 10.1. The molecule has 2 rings (SSSR count). The zero-order chi connectivity index (χ0) is 21.4. The van der Waals surface area contributed by atoms with E-state index in [-0.39, 0.29) is 11.8 Å². The van der Waals surface area contributed by atoms with Gasteiger partial charge in [-0.05, 0) is 42.7 Å². The van der Waals surface area contributed by atoms with Crippen molar-refractivity contribution in [2.45, 2.75) is 38.7 Å². The molecule has 0 saturated heterocycles. The van der Waals surface area contributed by atoms with Crippen LogP contribution in [0.3, 0.4) is 0 Å². The number of hydrogen-bond acceptors (Lipinski definition) is 3. The number of sulfonamides is 1. The zero-order valence-corrected chi connectivity index (χ0v) is 18.9. The number of aliphatic imine (C=N–C) groups is 1. The lowest BCUT2D eigenvalue weighted by molar-refractivity contribution is 0.476. The first-order valence-electron chi connectivity index (χ1n) is 9.42. The summed E-state index contributed by atoms with van der Waals surface area (Å²) in [5.41, 5.74) is 2.90. The Labute approximate surface area is 179 Å². The highest BCUT2D eigenvalue weighted by Gasteiger charge is 2.13. The monoisotopic (exact) mass is 436 g/mol. The summed E-state index contributed by atoms with van der Waals surface area (Å²) in [6.45, 7) is 4.88. The first-order chi connectivity index (χ1) is 13.7. The average molecular weight is 437 g/mol. The lowest BCUT2D eigenvalue weighted by Crippen LogP contribution is -2.38. The van der Waals surface area contributed by atoms with Gasteiger partial charge in [-0.1, -0.05) is 48.0 Å². The molecule has 0 aliphatic heterocycles. The Hall–Kier alpha value is -2.09. The van der Waals surface area contributed by atoms with Crippen LogP contribution < -0.4 is 10.0 Å². The minimum atomic E-state index is -3.32. The van der Waals surface area contributed by atoms with Crippen molar-refractivity contribution in [3.8, 4) is 0 Å². The summed E-state index contributed by atoms with van der Waals surface area (Å²) in [6, 6.07) is 15.2. The highest BCUT2D eigenvalue weighted by atomic mass is 35.5. The number of nitrogens with zero attached hydrogens (tertiary/aromatic N) is 2.